The van der Waals surface area contributed by atoms with E-state index < -0.39 is 0 Å². The van der Waals surface area contributed by atoms with Gasteiger partial charge in [-0.2, -0.15) is 0 Å². The second-order valence-corrected chi connectivity index (χ2v) is 6.09. The summed E-state index contributed by atoms with van der Waals surface area (Å²) in [6, 6.07) is 1.99. The maximum absolute atomic E-state index is 6.22. The van der Waals surface area contributed by atoms with Crippen molar-refractivity contribution in [2.45, 2.75) is 19.3 Å². The Bertz CT molecular complexity index is 784. The summed E-state index contributed by atoms with van der Waals surface area (Å²) in [6.45, 7) is 0. The molecule has 0 unspecified atom stereocenters. The number of nitrogens with two attached hydrogens (primary N) is 1. The van der Waals surface area contributed by atoms with Gasteiger partial charge in [0.2, 0.25) is 0 Å². The van der Waals surface area contributed by atoms with Crippen molar-refractivity contribution in [3.05, 3.63) is 28.9 Å². The lowest BCUT2D eigenvalue weighted by atomic mass is 10.1. The fourth-order valence-electron chi connectivity index (χ4n) is 2.95. The molecule has 0 aliphatic heterocycles. The average Bonchev–Trinajstić information content (AvgIpc) is 3.04. The summed E-state index contributed by atoms with van der Waals surface area (Å²) in [4.78, 5) is 10.3. The molecular weight excluding hydrogens is 256 g/mol. The van der Waals surface area contributed by atoms with E-state index in [0.29, 0.717) is 0 Å². The van der Waals surface area contributed by atoms with Gasteiger partial charge in [0.05, 0.1) is 22.3 Å². The van der Waals surface area contributed by atoms with Gasteiger partial charge in [-0.1, -0.05) is 0 Å². The number of thiophene rings is 1. The molecule has 0 saturated heterocycles. The van der Waals surface area contributed by atoms with E-state index in [0.717, 1.165) is 40.3 Å². The summed E-state index contributed by atoms with van der Waals surface area (Å²) in [5.41, 5.74) is 10.8. The molecule has 0 spiro atoms. The second kappa shape index (κ2) is 3.81. The van der Waals surface area contributed by atoms with Gasteiger partial charge < -0.3 is 10.3 Å². The molecule has 0 fully saturated rings. The van der Waals surface area contributed by atoms with E-state index in [9.17, 15) is 0 Å². The molecule has 3 aromatic heterocycles. The molecular formula is C14H14N4S. The topological polar surface area (TPSA) is 56.7 Å². The molecule has 1 aliphatic rings. The smallest absolute Gasteiger partial charge is 0.144 e. The largest absolute Gasteiger partial charge is 0.390 e. The minimum atomic E-state index is 0.899. The Morgan fingerprint density at radius 2 is 2.26 bits per heavy atom. The second-order valence-electron chi connectivity index (χ2n) is 4.96. The molecule has 0 bridgehead atoms. The number of fused-ring (bicyclic) bond motifs is 2. The summed E-state index contributed by atoms with van der Waals surface area (Å²) < 4.78 is 2.12. The van der Waals surface area contributed by atoms with Crippen LogP contribution >= 0.6 is 11.3 Å². The molecule has 4 nitrogen and oxygen atoms in total. The van der Waals surface area contributed by atoms with Crippen molar-refractivity contribution >= 4 is 27.4 Å². The van der Waals surface area contributed by atoms with Crippen molar-refractivity contribution in [1.82, 2.24) is 14.5 Å². The fourth-order valence-corrected chi connectivity index (χ4v) is 4.10. The molecule has 0 atom stereocenters. The van der Waals surface area contributed by atoms with Gasteiger partial charge in [-0.25, -0.2) is 4.98 Å². The summed E-state index contributed by atoms with van der Waals surface area (Å²) in [6.07, 6.45) is 7.13. The van der Waals surface area contributed by atoms with Crippen LogP contribution in [0.4, 0.5) is 5.00 Å². The Morgan fingerprint density at radius 3 is 3.11 bits per heavy atom. The SMILES string of the molecule is Cn1c(-c2c(N)sc3c2CCC3)nc2cnccc21. The molecule has 0 radical (unpaired) electrons. The number of nitrogens with zero attached hydrogens (tertiary/aromatic N) is 3. The maximum atomic E-state index is 6.22. The van der Waals surface area contributed by atoms with E-state index in [1.54, 1.807) is 17.5 Å². The van der Waals surface area contributed by atoms with Crippen molar-refractivity contribution in [3.63, 3.8) is 0 Å². The number of aromatic nitrogens is 3. The van der Waals surface area contributed by atoms with Gasteiger partial charge in [0.1, 0.15) is 11.3 Å². The third-order valence-corrected chi connectivity index (χ3v) is 4.98. The lowest BCUT2D eigenvalue weighted by Gasteiger charge is -2.04. The van der Waals surface area contributed by atoms with E-state index in [-0.39, 0.29) is 0 Å². The van der Waals surface area contributed by atoms with Crippen molar-refractivity contribution in [3.8, 4) is 11.4 Å². The number of anilines is 1. The standard InChI is InChI=1S/C14H14N4S/c1-18-10-5-6-16-7-9(10)17-14(18)12-8-3-2-4-11(8)19-13(12)15/h5-7H,2-4,15H2,1H3. The first-order valence-corrected chi connectivity index (χ1v) is 7.24. The van der Waals surface area contributed by atoms with Crippen LogP contribution < -0.4 is 5.73 Å². The van der Waals surface area contributed by atoms with Crippen molar-refractivity contribution in [2.24, 2.45) is 7.05 Å². The van der Waals surface area contributed by atoms with Crippen LogP contribution in [0, 0.1) is 0 Å². The molecule has 19 heavy (non-hydrogen) atoms. The van der Waals surface area contributed by atoms with E-state index in [1.807, 2.05) is 19.3 Å². The van der Waals surface area contributed by atoms with Gasteiger partial charge in [0, 0.05) is 18.1 Å². The molecule has 1 aliphatic carbocycles. The Hall–Kier alpha value is -1.88. The highest BCUT2D eigenvalue weighted by atomic mass is 32.1. The number of hydrogen-bond donors (Lipinski definition) is 1. The Balaban J connectivity index is 2.03. The number of hydrogen-bond acceptors (Lipinski definition) is 4. The average molecular weight is 270 g/mol. The molecule has 5 heteroatoms. The van der Waals surface area contributed by atoms with E-state index in [1.165, 1.54) is 16.9 Å². The first-order valence-electron chi connectivity index (χ1n) is 6.42. The summed E-state index contributed by atoms with van der Waals surface area (Å²) in [7, 11) is 2.04. The Labute approximate surface area is 114 Å². The summed E-state index contributed by atoms with van der Waals surface area (Å²) in [5.74, 6) is 0.972. The van der Waals surface area contributed by atoms with Crippen LogP contribution in [0.2, 0.25) is 0 Å². The monoisotopic (exact) mass is 270 g/mol. The van der Waals surface area contributed by atoms with Crippen LogP contribution in [-0.4, -0.2) is 14.5 Å². The van der Waals surface area contributed by atoms with Gasteiger partial charge in [-0.3, -0.25) is 4.98 Å². The van der Waals surface area contributed by atoms with Gasteiger partial charge in [-0.15, -0.1) is 11.3 Å². The first kappa shape index (κ1) is 11.0. The molecule has 96 valence electrons. The van der Waals surface area contributed by atoms with Crippen molar-refractivity contribution in [2.75, 3.05) is 5.73 Å². The van der Waals surface area contributed by atoms with Crippen LogP contribution in [0.25, 0.3) is 22.4 Å². The lowest BCUT2D eigenvalue weighted by Crippen LogP contribution is -1.96. The predicted octanol–water partition coefficient (Wildman–Crippen LogP) is 2.77. The highest BCUT2D eigenvalue weighted by Gasteiger charge is 2.24. The zero-order valence-electron chi connectivity index (χ0n) is 10.7. The molecule has 2 N–H and O–H groups in total. The number of imidazole rings is 1. The third kappa shape index (κ3) is 1.45. The molecule has 4 rings (SSSR count). The first-order chi connectivity index (χ1) is 9.25. The normalized spacial score (nSPS) is 14.2. The van der Waals surface area contributed by atoms with E-state index >= 15 is 0 Å². The maximum Gasteiger partial charge on any atom is 0.144 e. The van der Waals surface area contributed by atoms with E-state index in [2.05, 4.69) is 9.55 Å². The number of pyridine rings is 1. The fraction of sp³-hybridized carbons (Fsp3) is 0.286. The van der Waals surface area contributed by atoms with Crippen molar-refractivity contribution < 1.29 is 0 Å². The van der Waals surface area contributed by atoms with Crippen LogP contribution in [0.1, 0.15) is 16.9 Å². The van der Waals surface area contributed by atoms with E-state index in [4.69, 9.17) is 10.7 Å². The number of aryl methyl sites for hydroxylation is 2. The lowest BCUT2D eigenvalue weighted by molar-refractivity contribution is 0.910. The number of nitrogen functional groups attached to an aromatic ring is 1. The molecule has 0 aromatic carbocycles. The van der Waals surface area contributed by atoms with Gasteiger partial charge >= 0.3 is 0 Å². The minimum absolute atomic E-state index is 0.899. The molecule has 3 aromatic rings. The zero-order chi connectivity index (χ0) is 13.0. The van der Waals surface area contributed by atoms with Gasteiger partial charge in [-0.05, 0) is 30.9 Å². The Morgan fingerprint density at radius 1 is 1.37 bits per heavy atom. The zero-order valence-corrected chi connectivity index (χ0v) is 11.5. The minimum Gasteiger partial charge on any atom is -0.390 e. The third-order valence-electron chi connectivity index (χ3n) is 3.86. The molecule has 0 amide bonds. The Kier molecular flexibility index (Phi) is 2.20. The number of rotatable bonds is 1. The predicted molar refractivity (Wildman–Crippen MR) is 78.3 cm³/mol. The van der Waals surface area contributed by atoms with Gasteiger partial charge in [0.25, 0.3) is 0 Å². The van der Waals surface area contributed by atoms with Crippen LogP contribution in [0.15, 0.2) is 18.5 Å². The molecule has 0 saturated carbocycles. The van der Waals surface area contributed by atoms with Gasteiger partial charge in [0.15, 0.2) is 0 Å². The quantitative estimate of drug-likeness (QED) is 0.739. The van der Waals surface area contributed by atoms with Crippen LogP contribution in [0.3, 0.4) is 0 Å². The molecule has 3 heterocycles. The summed E-state index contributed by atoms with van der Waals surface area (Å²) >= 11 is 1.73. The highest BCUT2D eigenvalue weighted by molar-refractivity contribution is 7.16. The van der Waals surface area contributed by atoms with Crippen LogP contribution in [-0.2, 0) is 19.9 Å². The highest BCUT2D eigenvalue weighted by Crippen LogP contribution is 2.43. The summed E-state index contributed by atoms with van der Waals surface area (Å²) in [5, 5.41) is 0.899. The van der Waals surface area contributed by atoms with Crippen LogP contribution in [0.5, 0.6) is 0 Å². The van der Waals surface area contributed by atoms with Crippen molar-refractivity contribution in [1.29, 1.82) is 0 Å².